The molecule has 0 saturated heterocycles. The Morgan fingerprint density at radius 3 is 2.86 bits per heavy atom. The van der Waals surface area contributed by atoms with E-state index in [1.165, 1.54) is 6.07 Å². The number of amides is 1. The summed E-state index contributed by atoms with van der Waals surface area (Å²) in [5.41, 5.74) is 0.495. The Kier molecular flexibility index (Phi) is 4.07. The zero-order valence-corrected chi connectivity index (χ0v) is 9.40. The van der Waals surface area contributed by atoms with Gasteiger partial charge in [-0.25, -0.2) is 4.39 Å². The summed E-state index contributed by atoms with van der Waals surface area (Å²) >= 11 is 3.16. The van der Waals surface area contributed by atoms with Gasteiger partial charge in [0.25, 0.3) is 0 Å². The average Bonchev–Trinajstić information content (AvgIpc) is 2.16. The summed E-state index contributed by atoms with van der Waals surface area (Å²) in [5, 5.41) is 2.61. The summed E-state index contributed by atoms with van der Waals surface area (Å²) in [6.07, 6.45) is 0.415. The first-order chi connectivity index (χ1) is 6.63. The van der Waals surface area contributed by atoms with Crippen molar-refractivity contribution in [3.8, 4) is 0 Å². The Labute approximate surface area is 90.6 Å². The predicted octanol–water partition coefficient (Wildman–Crippen LogP) is 2.61. The van der Waals surface area contributed by atoms with Crippen LogP contribution in [0.15, 0.2) is 22.7 Å². The van der Waals surface area contributed by atoms with Crippen molar-refractivity contribution in [3.05, 3.63) is 34.1 Å². The summed E-state index contributed by atoms with van der Waals surface area (Å²) in [6.45, 7) is 2.00. The maximum Gasteiger partial charge on any atom is 0.219 e. The van der Waals surface area contributed by atoms with Crippen LogP contribution >= 0.6 is 15.9 Å². The fraction of sp³-hybridized carbons (Fsp3) is 0.300. The molecular weight excluding hydrogens is 249 g/mol. The molecule has 2 nitrogen and oxygen atoms in total. The zero-order valence-electron chi connectivity index (χ0n) is 7.81. The second-order valence-electron chi connectivity index (χ2n) is 2.87. The van der Waals surface area contributed by atoms with Crippen LogP contribution in [0.1, 0.15) is 18.9 Å². The van der Waals surface area contributed by atoms with Crippen LogP contribution in [0.25, 0.3) is 0 Å². The minimum atomic E-state index is -0.309. The van der Waals surface area contributed by atoms with Crippen LogP contribution in [0.5, 0.6) is 0 Å². The van der Waals surface area contributed by atoms with Crippen LogP contribution < -0.4 is 5.32 Å². The molecule has 0 aromatic heterocycles. The van der Waals surface area contributed by atoms with Gasteiger partial charge in [0, 0.05) is 23.0 Å². The lowest BCUT2D eigenvalue weighted by molar-refractivity contribution is -0.120. The first-order valence-corrected chi connectivity index (χ1v) is 5.13. The van der Waals surface area contributed by atoms with Crippen molar-refractivity contribution in [1.82, 2.24) is 5.32 Å². The lowest BCUT2D eigenvalue weighted by Gasteiger charge is -2.05. The summed E-state index contributed by atoms with van der Waals surface area (Å²) in [5.74, 6) is -0.386. The highest BCUT2D eigenvalue weighted by atomic mass is 79.9. The lowest BCUT2D eigenvalue weighted by Crippen LogP contribution is -2.21. The Hall–Kier alpha value is -0.900. The largest absolute Gasteiger partial charge is 0.352 e. The Morgan fingerprint density at radius 1 is 1.57 bits per heavy atom. The average molecular weight is 260 g/mol. The van der Waals surface area contributed by atoms with E-state index in [4.69, 9.17) is 0 Å². The highest BCUT2D eigenvalue weighted by Gasteiger charge is 2.03. The third-order valence-electron chi connectivity index (χ3n) is 1.81. The quantitative estimate of drug-likeness (QED) is 0.889. The maximum atomic E-state index is 13.2. The van der Waals surface area contributed by atoms with Crippen LogP contribution in [-0.4, -0.2) is 5.91 Å². The van der Waals surface area contributed by atoms with Crippen LogP contribution in [0.4, 0.5) is 4.39 Å². The third kappa shape index (κ3) is 3.10. The number of rotatable bonds is 3. The van der Waals surface area contributed by atoms with Gasteiger partial charge in [0.2, 0.25) is 5.91 Å². The van der Waals surface area contributed by atoms with Crippen LogP contribution in [0.3, 0.4) is 0 Å². The van der Waals surface area contributed by atoms with E-state index < -0.39 is 0 Å². The number of hydrogen-bond acceptors (Lipinski definition) is 1. The zero-order chi connectivity index (χ0) is 10.6. The van der Waals surface area contributed by atoms with E-state index in [1.54, 1.807) is 19.1 Å². The highest BCUT2D eigenvalue weighted by molar-refractivity contribution is 9.10. The molecule has 1 aromatic rings. The third-order valence-corrected chi connectivity index (χ3v) is 2.31. The number of benzene rings is 1. The molecule has 76 valence electrons. The molecule has 0 saturated carbocycles. The van der Waals surface area contributed by atoms with Crippen molar-refractivity contribution >= 4 is 21.8 Å². The van der Waals surface area contributed by atoms with Gasteiger partial charge in [-0.3, -0.25) is 4.79 Å². The number of carbonyl (C=O) groups is 1. The van der Waals surface area contributed by atoms with E-state index in [0.717, 1.165) is 0 Å². The van der Waals surface area contributed by atoms with E-state index in [2.05, 4.69) is 21.2 Å². The van der Waals surface area contributed by atoms with Gasteiger partial charge in [-0.1, -0.05) is 28.9 Å². The van der Waals surface area contributed by atoms with Crippen molar-refractivity contribution in [2.75, 3.05) is 0 Å². The van der Waals surface area contributed by atoms with Gasteiger partial charge in [0.05, 0.1) is 0 Å². The molecule has 0 spiro atoms. The smallest absolute Gasteiger partial charge is 0.219 e. The maximum absolute atomic E-state index is 13.2. The molecule has 0 aliphatic rings. The molecule has 0 heterocycles. The van der Waals surface area contributed by atoms with E-state index in [-0.39, 0.29) is 18.3 Å². The van der Waals surface area contributed by atoms with Gasteiger partial charge >= 0.3 is 0 Å². The van der Waals surface area contributed by atoms with Crippen LogP contribution in [0, 0.1) is 5.82 Å². The molecule has 0 aliphatic heterocycles. The second-order valence-corrected chi connectivity index (χ2v) is 3.78. The molecule has 1 amide bonds. The molecule has 1 N–H and O–H groups in total. The highest BCUT2D eigenvalue weighted by Crippen LogP contribution is 2.14. The van der Waals surface area contributed by atoms with Crippen molar-refractivity contribution in [3.63, 3.8) is 0 Å². The Morgan fingerprint density at radius 2 is 2.29 bits per heavy atom. The number of halogens is 2. The summed E-state index contributed by atoms with van der Waals surface area (Å²) < 4.78 is 13.9. The topological polar surface area (TPSA) is 29.1 Å². The molecule has 1 rings (SSSR count). The van der Waals surface area contributed by atoms with Gasteiger partial charge in [0.15, 0.2) is 0 Å². The second kappa shape index (κ2) is 5.10. The van der Waals surface area contributed by atoms with Gasteiger partial charge in [-0.15, -0.1) is 0 Å². The first-order valence-electron chi connectivity index (χ1n) is 4.34. The molecule has 0 aliphatic carbocycles. The number of carbonyl (C=O) groups excluding carboxylic acids is 1. The van der Waals surface area contributed by atoms with E-state index >= 15 is 0 Å². The monoisotopic (exact) mass is 259 g/mol. The molecule has 0 bridgehead atoms. The van der Waals surface area contributed by atoms with Crippen LogP contribution in [0.2, 0.25) is 0 Å². The van der Waals surface area contributed by atoms with E-state index in [1.807, 2.05) is 0 Å². The molecule has 1 aromatic carbocycles. The normalized spacial score (nSPS) is 9.93. The van der Waals surface area contributed by atoms with E-state index in [0.29, 0.717) is 16.5 Å². The first kappa shape index (κ1) is 11.2. The lowest BCUT2D eigenvalue weighted by atomic mass is 10.2. The Bertz CT molecular complexity index is 341. The SMILES string of the molecule is CCC(=O)NCc1ccc(Br)cc1F. The minimum absolute atomic E-state index is 0.0766. The fourth-order valence-electron chi connectivity index (χ4n) is 0.984. The Balaban J connectivity index is 2.63. The minimum Gasteiger partial charge on any atom is -0.352 e. The van der Waals surface area contributed by atoms with Gasteiger partial charge in [0.1, 0.15) is 5.82 Å². The summed E-state index contributed by atoms with van der Waals surface area (Å²) in [4.78, 5) is 10.9. The number of nitrogens with one attached hydrogen (secondary N) is 1. The summed E-state index contributed by atoms with van der Waals surface area (Å²) in [7, 11) is 0. The standard InChI is InChI=1S/C10H11BrFNO/c1-2-10(14)13-6-7-3-4-8(11)5-9(7)12/h3-5H,2,6H2,1H3,(H,13,14). The van der Waals surface area contributed by atoms with E-state index in [9.17, 15) is 9.18 Å². The number of hydrogen-bond donors (Lipinski definition) is 1. The fourth-order valence-corrected chi connectivity index (χ4v) is 1.32. The molecule has 4 heteroatoms. The molecule has 0 radical (unpaired) electrons. The van der Waals surface area contributed by atoms with Crippen molar-refractivity contribution in [1.29, 1.82) is 0 Å². The van der Waals surface area contributed by atoms with Gasteiger partial charge in [-0.2, -0.15) is 0 Å². The van der Waals surface area contributed by atoms with Crippen molar-refractivity contribution in [2.45, 2.75) is 19.9 Å². The molecular formula is C10H11BrFNO. The molecule has 0 unspecified atom stereocenters. The molecule has 0 fully saturated rings. The van der Waals surface area contributed by atoms with Crippen LogP contribution in [-0.2, 0) is 11.3 Å². The molecule has 14 heavy (non-hydrogen) atoms. The predicted molar refractivity (Wildman–Crippen MR) is 56.2 cm³/mol. The van der Waals surface area contributed by atoms with Crippen molar-refractivity contribution in [2.24, 2.45) is 0 Å². The van der Waals surface area contributed by atoms with Gasteiger partial charge < -0.3 is 5.32 Å². The summed E-state index contributed by atoms with van der Waals surface area (Å²) in [6, 6.07) is 4.78. The molecule has 0 atom stereocenters. The van der Waals surface area contributed by atoms with Gasteiger partial charge in [-0.05, 0) is 12.1 Å². The van der Waals surface area contributed by atoms with Crippen molar-refractivity contribution < 1.29 is 9.18 Å².